The number of aromatic nitrogens is 1. The quantitative estimate of drug-likeness (QED) is 0.170. The van der Waals surface area contributed by atoms with Gasteiger partial charge in [0.25, 0.3) is 0 Å². The Bertz CT molecular complexity index is 1380. The number of fused-ring (bicyclic) bond motifs is 2. The van der Waals surface area contributed by atoms with Crippen molar-refractivity contribution in [3.05, 3.63) is 70.8 Å². The van der Waals surface area contributed by atoms with Crippen LogP contribution < -0.4 is 4.40 Å². The molecule has 40 heavy (non-hydrogen) atoms. The van der Waals surface area contributed by atoms with Crippen molar-refractivity contribution in [1.82, 2.24) is 4.98 Å². The third-order valence-electron chi connectivity index (χ3n) is 10.6. The van der Waals surface area contributed by atoms with Crippen LogP contribution in [0.3, 0.4) is 0 Å². The van der Waals surface area contributed by atoms with Crippen molar-refractivity contribution in [2.75, 3.05) is 0 Å². The van der Waals surface area contributed by atoms with E-state index in [1.807, 2.05) is 8.00 Å². The number of para-hydroxylation sites is 2. The summed E-state index contributed by atoms with van der Waals surface area (Å²) in [6, 6.07) is 18.1. The van der Waals surface area contributed by atoms with Crippen molar-refractivity contribution in [2.24, 2.45) is 0 Å². The first kappa shape index (κ1) is 31.4. The standard InChI is InChI=1S/C36H53GeNSi2/c1-24(2)39(25(3)4,26(5)6)34-22-17-23-35(40(27(7)8,28(9)10)29(11)12)37(34)36-30-18-13-15-20-32(30)38-33-21-16-14-19-31(33)36/h13-29H,1-12H3. The van der Waals surface area contributed by atoms with Crippen molar-refractivity contribution < 1.29 is 0 Å². The summed E-state index contributed by atoms with van der Waals surface area (Å²) in [5, 5.41) is 2.82. The van der Waals surface area contributed by atoms with Crippen molar-refractivity contribution in [1.29, 1.82) is 0 Å². The minimum absolute atomic E-state index is 0.696. The van der Waals surface area contributed by atoms with Gasteiger partial charge in [-0.3, -0.25) is 0 Å². The molecule has 0 aliphatic carbocycles. The van der Waals surface area contributed by atoms with E-state index in [1.165, 1.54) is 21.8 Å². The molecular weight excluding hydrogens is 575 g/mol. The van der Waals surface area contributed by atoms with Gasteiger partial charge in [0, 0.05) is 0 Å². The number of nitrogens with zero attached hydrogens (tertiary/aromatic N) is 1. The molecule has 4 rings (SSSR count). The Hall–Kier alpha value is -1.56. The van der Waals surface area contributed by atoms with E-state index in [-0.39, 0.29) is 0 Å². The summed E-state index contributed by atoms with van der Waals surface area (Å²) >= 11 is -2.25. The summed E-state index contributed by atoms with van der Waals surface area (Å²) in [5.41, 5.74) is 6.51. The Morgan fingerprint density at radius 2 is 0.950 bits per heavy atom. The van der Waals surface area contributed by atoms with Crippen LogP contribution in [0.25, 0.3) is 21.8 Å². The molecule has 4 heteroatoms. The van der Waals surface area contributed by atoms with Crippen LogP contribution in [0.1, 0.15) is 83.1 Å². The van der Waals surface area contributed by atoms with E-state index in [4.69, 9.17) is 4.98 Å². The van der Waals surface area contributed by atoms with Crippen LogP contribution in [-0.2, 0) is 0 Å². The first-order valence-electron chi connectivity index (χ1n) is 15.8. The normalized spacial score (nSPS) is 15.3. The monoisotopic (exact) mass is 629 g/mol. The molecule has 1 aliphatic heterocycles. The van der Waals surface area contributed by atoms with E-state index in [9.17, 15) is 0 Å². The Morgan fingerprint density at radius 1 is 0.550 bits per heavy atom. The summed E-state index contributed by atoms with van der Waals surface area (Å²) < 4.78 is 5.56. The van der Waals surface area contributed by atoms with Gasteiger partial charge in [0.15, 0.2) is 0 Å². The first-order valence-corrected chi connectivity index (χ1v) is 23.4. The SMILES string of the molecule is CC(C)[Si]([C]1=CC=C[C]([Si](C(C)C)(C(C)C)C(C)C)=[Ge]1[c]1c2ccccc2nc2ccccc12)(C(C)C)C(C)C. The molecular formula is C36H53GeNSi2. The van der Waals surface area contributed by atoms with Gasteiger partial charge < -0.3 is 0 Å². The van der Waals surface area contributed by atoms with Crippen molar-refractivity contribution >= 4 is 60.2 Å². The third-order valence-corrected chi connectivity index (χ3v) is 37.4. The first-order chi connectivity index (χ1) is 18.8. The fourth-order valence-corrected chi connectivity index (χ4v) is 47.4. The summed E-state index contributed by atoms with van der Waals surface area (Å²) in [6.45, 7) is 30.7. The van der Waals surface area contributed by atoms with Gasteiger partial charge in [0.2, 0.25) is 0 Å². The van der Waals surface area contributed by atoms with Gasteiger partial charge in [0.05, 0.1) is 0 Å². The fraction of sp³-hybridized carbons (Fsp3) is 0.500. The number of rotatable bonds is 9. The molecule has 2 aromatic carbocycles. The number of pyridine rings is 1. The van der Waals surface area contributed by atoms with E-state index in [2.05, 4.69) is 150 Å². The maximum absolute atomic E-state index is 5.22. The van der Waals surface area contributed by atoms with Gasteiger partial charge in [-0.1, -0.05) is 0 Å². The number of allylic oxidation sites excluding steroid dienone is 3. The number of benzene rings is 2. The Balaban J connectivity index is 2.36. The van der Waals surface area contributed by atoms with Crippen LogP contribution in [-0.4, -0.2) is 39.0 Å². The molecule has 0 bridgehead atoms. The number of hydrogen-bond acceptors (Lipinski definition) is 1. The average Bonchev–Trinajstić information content (AvgIpc) is 2.87. The molecule has 0 unspecified atom stereocenters. The van der Waals surface area contributed by atoms with Crippen molar-refractivity contribution in [3.63, 3.8) is 0 Å². The summed E-state index contributed by atoms with van der Waals surface area (Å²) in [5.74, 6) is 0. The van der Waals surface area contributed by atoms with Crippen LogP contribution in [0.2, 0.25) is 33.2 Å². The molecule has 1 nitrogen and oxygen atoms in total. The van der Waals surface area contributed by atoms with Gasteiger partial charge in [-0.25, -0.2) is 0 Å². The van der Waals surface area contributed by atoms with Crippen LogP contribution in [0.5, 0.6) is 0 Å². The molecule has 0 spiro atoms. The molecule has 0 radical (unpaired) electrons. The predicted molar refractivity (Wildman–Crippen MR) is 189 cm³/mol. The Labute approximate surface area is 251 Å². The van der Waals surface area contributed by atoms with Crippen LogP contribution in [0.15, 0.2) is 70.8 Å². The van der Waals surface area contributed by atoms with Crippen LogP contribution >= 0.6 is 0 Å². The third kappa shape index (κ3) is 4.72. The Kier molecular flexibility index (Phi) is 9.39. The molecule has 0 saturated carbocycles. The second-order valence-corrected chi connectivity index (χ2v) is 32.8. The summed E-state index contributed by atoms with van der Waals surface area (Å²) in [4.78, 5) is 5.22. The Morgan fingerprint density at radius 3 is 1.35 bits per heavy atom. The summed E-state index contributed by atoms with van der Waals surface area (Å²) in [7, 11) is -3.81. The van der Waals surface area contributed by atoms with E-state index in [1.54, 1.807) is 4.40 Å². The molecule has 2 heterocycles. The van der Waals surface area contributed by atoms with Gasteiger partial charge >= 0.3 is 252 Å². The van der Waals surface area contributed by atoms with Crippen molar-refractivity contribution in [2.45, 2.75) is 116 Å². The molecule has 0 amide bonds. The molecule has 0 N–H and O–H groups in total. The van der Waals surface area contributed by atoms with Gasteiger partial charge in [-0.05, 0) is 0 Å². The minimum atomic E-state index is -2.25. The van der Waals surface area contributed by atoms with Crippen LogP contribution in [0, 0.1) is 0 Å². The molecule has 3 aromatic rings. The maximum atomic E-state index is 5.22. The van der Waals surface area contributed by atoms with Gasteiger partial charge in [-0.2, -0.15) is 0 Å². The van der Waals surface area contributed by atoms with Crippen LogP contribution in [0.4, 0.5) is 0 Å². The molecule has 0 fully saturated rings. The zero-order chi connectivity index (χ0) is 29.6. The summed E-state index contributed by atoms with van der Waals surface area (Å²) in [6.07, 6.45) is 7.86. The number of hydrogen-bond donors (Lipinski definition) is 0. The van der Waals surface area contributed by atoms with Gasteiger partial charge in [-0.15, -0.1) is 0 Å². The van der Waals surface area contributed by atoms with E-state index in [0.717, 1.165) is 0 Å². The van der Waals surface area contributed by atoms with E-state index in [0.29, 0.717) is 33.2 Å². The second kappa shape index (κ2) is 12.0. The molecule has 214 valence electrons. The average molecular weight is 629 g/mol. The second-order valence-electron chi connectivity index (χ2n) is 14.0. The molecule has 0 saturated heterocycles. The molecule has 1 aromatic heterocycles. The zero-order valence-corrected chi connectivity index (χ0v) is 31.4. The molecule has 0 atom stereocenters. The van der Waals surface area contributed by atoms with Gasteiger partial charge in [0.1, 0.15) is 0 Å². The van der Waals surface area contributed by atoms with E-state index >= 15 is 0 Å². The molecule has 1 aliphatic rings. The topological polar surface area (TPSA) is 12.9 Å². The predicted octanol–water partition coefficient (Wildman–Crippen LogP) is 10.3. The van der Waals surface area contributed by atoms with Crippen molar-refractivity contribution in [3.8, 4) is 0 Å². The fourth-order valence-electron chi connectivity index (χ4n) is 9.52. The van der Waals surface area contributed by atoms with E-state index < -0.39 is 30.1 Å². The zero-order valence-electron chi connectivity index (χ0n) is 27.3.